The van der Waals surface area contributed by atoms with Crippen LogP contribution in [0.15, 0.2) is 35.9 Å². The maximum absolute atomic E-state index is 11.9. The van der Waals surface area contributed by atoms with Crippen molar-refractivity contribution in [3.63, 3.8) is 0 Å². The van der Waals surface area contributed by atoms with Gasteiger partial charge in [-0.2, -0.15) is 0 Å². The molecular formula is C20H28N2O4. The molecule has 0 heterocycles. The molecule has 0 unspecified atom stereocenters. The molecule has 6 heteroatoms. The highest BCUT2D eigenvalue weighted by Crippen LogP contribution is 2.24. The van der Waals surface area contributed by atoms with Crippen LogP contribution < -0.4 is 20.1 Å². The molecule has 0 atom stereocenters. The first-order valence-corrected chi connectivity index (χ1v) is 8.60. The monoisotopic (exact) mass is 360 g/mol. The number of hydrogen-bond acceptors (Lipinski definition) is 4. The zero-order valence-electron chi connectivity index (χ0n) is 15.9. The number of hydrogen-bond donors (Lipinski definition) is 2. The SMILES string of the molecule is C/C=C(\C)C(=O)NCCCCNC(=O)/C=C/c1cc(OC)ccc1OC. The Labute approximate surface area is 155 Å². The van der Waals surface area contributed by atoms with Crippen LogP contribution in [-0.2, 0) is 9.59 Å². The number of carbonyl (C=O) groups excluding carboxylic acids is 2. The van der Waals surface area contributed by atoms with Crippen molar-refractivity contribution in [2.45, 2.75) is 26.7 Å². The summed E-state index contributed by atoms with van der Waals surface area (Å²) in [6.45, 7) is 4.76. The van der Waals surface area contributed by atoms with Gasteiger partial charge in [0.1, 0.15) is 11.5 Å². The van der Waals surface area contributed by atoms with Crippen molar-refractivity contribution in [3.05, 3.63) is 41.5 Å². The van der Waals surface area contributed by atoms with Crippen molar-refractivity contribution < 1.29 is 19.1 Å². The summed E-state index contributed by atoms with van der Waals surface area (Å²) in [6, 6.07) is 5.39. The van der Waals surface area contributed by atoms with Gasteiger partial charge in [-0.15, -0.1) is 0 Å². The standard InChI is InChI=1S/C20H28N2O4/c1-5-15(2)20(24)22-13-7-6-12-21-19(23)11-8-16-14-17(25-3)9-10-18(16)26-4/h5,8-11,14H,6-7,12-13H2,1-4H3,(H,21,23)(H,22,24)/b11-8+,15-5+. The number of nitrogens with one attached hydrogen (secondary N) is 2. The number of rotatable bonds is 10. The largest absolute Gasteiger partial charge is 0.497 e. The molecule has 0 fully saturated rings. The number of allylic oxidation sites excluding steroid dienone is 1. The predicted molar refractivity (Wildman–Crippen MR) is 103 cm³/mol. The van der Waals surface area contributed by atoms with Crippen molar-refractivity contribution in [2.24, 2.45) is 0 Å². The second-order valence-electron chi connectivity index (χ2n) is 5.67. The molecule has 2 N–H and O–H groups in total. The fraction of sp³-hybridized carbons (Fsp3) is 0.400. The topological polar surface area (TPSA) is 76.7 Å². The lowest BCUT2D eigenvalue weighted by molar-refractivity contribution is -0.118. The van der Waals surface area contributed by atoms with Gasteiger partial charge in [-0.3, -0.25) is 9.59 Å². The van der Waals surface area contributed by atoms with Crippen molar-refractivity contribution in [3.8, 4) is 11.5 Å². The Morgan fingerprint density at radius 3 is 2.38 bits per heavy atom. The Hall–Kier alpha value is -2.76. The van der Waals surface area contributed by atoms with Crippen LogP contribution in [0, 0.1) is 0 Å². The Morgan fingerprint density at radius 2 is 1.77 bits per heavy atom. The average molecular weight is 360 g/mol. The van der Waals surface area contributed by atoms with E-state index in [4.69, 9.17) is 9.47 Å². The molecule has 0 saturated carbocycles. The van der Waals surface area contributed by atoms with E-state index < -0.39 is 0 Å². The van der Waals surface area contributed by atoms with Crippen molar-refractivity contribution in [1.29, 1.82) is 0 Å². The number of ether oxygens (including phenoxy) is 2. The van der Waals surface area contributed by atoms with Crippen molar-refractivity contribution in [2.75, 3.05) is 27.3 Å². The third-order valence-electron chi connectivity index (χ3n) is 3.83. The molecule has 1 aromatic rings. The summed E-state index contributed by atoms with van der Waals surface area (Å²) in [4.78, 5) is 23.4. The van der Waals surface area contributed by atoms with E-state index in [2.05, 4.69) is 10.6 Å². The Balaban J connectivity index is 2.34. The van der Waals surface area contributed by atoms with Crippen LogP contribution in [0.2, 0.25) is 0 Å². The summed E-state index contributed by atoms with van der Waals surface area (Å²) in [5.41, 5.74) is 1.47. The smallest absolute Gasteiger partial charge is 0.246 e. The Morgan fingerprint density at radius 1 is 1.08 bits per heavy atom. The van der Waals surface area contributed by atoms with Gasteiger partial charge in [0.15, 0.2) is 0 Å². The number of benzene rings is 1. The lowest BCUT2D eigenvalue weighted by Gasteiger charge is -2.07. The molecule has 0 spiro atoms. The van der Waals surface area contributed by atoms with Crippen LogP contribution in [0.3, 0.4) is 0 Å². The van der Waals surface area contributed by atoms with E-state index in [0.717, 1.165) is 18.4 Å². The zero-order valence-corrected chi connectivity index (χ0v) is 15.9. The maximum atomic E-state index is 11.9. The van der Waals surface area contributed by atoms with E-state index in [1.165, 1.54) is 6.08 Å². The first-order chi connectivity index (χ1) is 12.5. The normalized spacial score (nSPS) is 11.3. The fourth-order valence-corrected chi connectivity index (χ4v) is 2.13. The number of carbonyl (C=O) groups is 2. The third-order valence-corrected chi connectivity index (χ3v) is 3.83. The van der Waals surface area contributed by atoms with Gasteiger partial charge in [0, 0.05) is 30.3 Å². The highest BCUT2D eigenvalue weighted by molar-refractivity contribution is 5.92. The van der Waals surface area contributed by atoms with E-state index in [9.17, 15) is 9.59 Å². The second-order valence-corrected chi connectivity index (χ2v) is 5.67. The summed E-state index contributed by atoms with van der Waals surface area (Å²) >= 11 is 0. The average Bonchev–Trinajstić information content (AvgIpc) is 2.67. The third kappa shape index (κ3) is 7.42. The molecule has 0 bridgehead atoms. The van der Waals surface area contributed by atoms with E-state index in [-0.39, 0.29) is 11.8 Å². The number of unbranched alkanes of at least 4 members (excludes halogenated alkanes) is 1. The minimum atomic E-state index is -0.177. The minimum absolute atomic E-state index is 0.0493. The van der Waals surface area contributed by atoms with E-state index in [1.807, 2.05) is 6.92 Å². The molecule has 0 aliphatic carbocycles. The molecular weight excluding hydrogens is 332 g/mol. The van der Waals surface area contributed by atoms with Crippen LogP contribution in [-0.4, -0.2) is 39.1 Å². The Kier molecular flexibility index (Phi) is 9.61. The maximum Gasteiger partial charge on any atom is 0.246 e. The molecule has 1 aromatic carbocycles. The molecule has 2 amide bonds. The first kappa shape index (κ1) is 21.3. The van der Waals surface area contributed by atoms with E-state index in [1.54, 1.807) is 51.5 Å². The lowest BCUT2D eigenvalue weighted by atomic mass is 10.1. The number of methoxy groups -OCH3 is 2. The molecule has 0 saturated heterocycles. The van der Waals surface area contributed by atoms with Crippen molar-refractivity contribution in [1.82, 2.24) is 10.6 Å². The first-order valence-electron chi connectivity index (χ1n) is 8.60. The van der Waals surface area contributed by atoms with Crippen LogP contribution >= 0.6 is 0 Å². The van der Waals surface area contributed by atoms with Gasteiger partial charge in [0.2, 0.25) is 11.8 Å². The van der Waals surface area contributed by atoms with Gasteiger partial charge in [-0.1, -0.05) is 6.08 Å². The van der Waals surface area contributed by atoms with Crippen LogP contribution in [0.4, 0.5) is 0 Å². The molecule has 142 valence electrons. The van der Waals surface area contributed by atoms with Gasteiger partial charge in [0.25, 0.3) is 0 Å². The molecule has 0 aliphatic rings. The summed E-state index contributed by atoms with van der Waals surface area (Å²) in [7, 11) is 3.17. The summed E-state index contributed by atoms with van der Waals surface area (Å²) in [6.07, 6.45) is 6.53. The van der Waals surface area contributed by atoms with Gasteiger partial charge in [-0.05, 0) is 51.0 Å². The summed E-state index contributed by atoms with van der Waals surface area (Å²) in [5.74, 6) is 1.14. The van der Waals surface area contributed by atoms with Gasteiger partial charge in [0.05, 0.1) is 14.2 Å². The van der Waals surface area contributed by atoms with Gasteiger partial charge in [-0.25, -0.2) is 0 Å². The number of amides is 2. The molecule has 0 aromatic heterocycles. The van der Waals surface area contributed by atoms with Gasteiger partial charge >= 0.3 is 0 Å². The van der Waals surface area contributed by atoms with Crippen LogP contribution in [0.1, 0.15) is 32.3 Å². The molecule has 6 nitrogen and oxygen atoms in total. The highest BCUT2D eigenvalue weighted by Gasteiger charge is 2.03. The molecule has 26 heavy (non-hydrogen) atoms. The van der Waals surface area contributed by atoms with E-state index in [0.29, 0.717) is 30.2 Å². The summed E-state index contributed by atoms with van der Waals surface area (Å²) in [5, 5.41) is 5.65. The predicted octanol–water partition coefficient (Wildman–Crippen LogP) is 2.70. The van der Waals surface area contributed by atoms with Gasteiger partial charge < -0.3 is 20.1 Å². The second kappa shape index (κ2) is 11.7. The lowest BCUT2D eigenvalue weighted by Crippen LogP contribution is -2.27. The van der Waals surface area contributed by atoms with Crippen LogP contribution in [0.5, 0.6) is 11.5 Å². The fourth-order valence-electron chi connectivity index (χ4n) is 2.13. The van der Waals surface area contributed by atoms with E-state index >= 15 is 0 Å². The molecule has 0 aliphatic heterocycles. The molecule has 0 radical (unpaired) electrons. The van der Waals surface area contributed by atoms with Crippen LogP contribution in [0.25, 0.3) is 6.08 Å². The minimum Gasteiger partial charge on any atom is -0.497 e. The molecule has 1 rings (SSSR count). The zero-order chi connectivity index (χ0) is 19.4. The summed E-state index contributed by atoms with van der Waals surface area (Å²) < 4.78 is 10.4. The Bertz CT molecular complexity index is 666. The quantitative estimate of drug-likeness (QED) is 0.497. The highest BCUT2D eigenvalue weighted by atomic mass is 16.5. The van der Waals surface area contributed by atoms with Crippen molar-refractivity contribution >= 4 is 17.9 Å².